The van der Waals surface area contributed by atoms with Crippen LogP contribution in [-0.4, -0.2) is 60.6 Å². The Morgan fingerprint density at radius 1 is 1.29 bits per heavy atom. The lowest BCUT2D eigenvalue weighted by molar-refractivity contribution is 0.0194. The SMILES string of the molecule is CN1CC2CNCCN2C(c2ccncc2)C1. The zero-order chi connectivity index (χ0) is 11.7. The highest BCUT2D eigenvalue weighted by molar-refractivity contribution is 5.17. The Kier molecular flexibility index (Phi) is 3.09. The van der Waals surface area contributed by atoms with Crippen molar-refractivity contribution in [2.45, 2.75) is 12.1 Å². The summed E-state index contributed by atoms with van der Waals surface area (Å²) in [7, 11) is 2.22. The molecular weight excluding hydrogens is 212 g/mol. The zero-order valence-electron chi connectivity index (χ0n) is 10.3. The van der Waals surface area contributed by atoms with Crippen LogP contribution in [-0.2, 0) is 0 Å². The summed E-state index contributed by atoms with van der Waals surface area (Å²) in [6, 6.07) is 5.50. The van der Waals surface area contributed by atoms with Gasteiger partial charge in [-0.15, -0.1) is 0 Å². The van der Waals surface area contributed by atoms with Gasteiger partial charge >= 0.3 is 0 Å². The van der Waals surface area contributed by atoms with Crippen LogP contribution in [0.2, 0.25) is 0 Å². The van der Waals surface area contributed by atoms with Gasteiger partial charge in [-0.1, -0.05) is 0 Å². The first-order valence-electron chi connectivity index (χ1n) is 6.39. The van der Waals surface area contributed by atoms with E-state index < -0.39 is 0 Å². The highest BCUT2D eigenvalue weighted by atomic mass is 15.3. The molecule has 0 bridgehead atoms. The standard InChI is InChI=1S/C13H20N4/c1-16-9-12-8-15-6-7-17(12)13(10-16)11-2-4-14-5-3-11/h2-5,12-13,15H,6-10H2,1H3. The van der Waals surface area contributed by atoms with E-state index in [0.717, 1.165) is 26.2 Å². The third kappa shape index (κ3) is 2.20. The lowest BCUT2D eigenvalue weighted by atomic mass is 9.98. The first-order valence-corrected chi connectivity index (χ1v) is 6.39. The summed E-state index contributed by atoms with van der Waals surface area (Å²) in [5.74, 6) is 0. The van der Waals surface area contributed by atoms with Crippen molar-refractivity contribution < 1.29 is 0 Å². The second kappa shape index (κ2) is 4.72. The van der Waals surface area contributed by atoms with Crippen molar-refractivity contribution in [3.8, 4) is 0 Å². The van der Waals surface area contributed by atoms with Gasteiger partial charge in [-0.25, -0.2) is 0 Å². The van der Waals surface area contributed by atoms with Gasteiger partial charge in [0.1, 0.15) is 0 Å². The largest absolute Gasteiger partial charge is 0.314 e. The average molecular weight is 232 g/mol. The van der Waals surface area contributed by atoms with Crippen molar-refractivity contribution in [2.24, 2.45) is 0 Å². The van der Waals surface area contributed by atoms with E-state index in [0.29, 0.717) is 12.1 Å². The number of hydrogen-bond donors (Lipinski definition) is 1. The maximum Gasteiger partial charge on any atom is 0.0480 e. The molecular formula is C13H20N4. The molecule has 0 aromatic carbocycles. The normalized spacial score (nSPS) is 31.1. The Balaban J connectivity index is 1.86. The smallest absolute Gasteiger partial charge is 0.0480 e. The molecule has 2 saturated heterocycles. The fourth-order valence-corrected chi connectivity index (χ4v) is 3.07. The fraction of sp³-hybridized carbons (Fsp3) is 0.615. The van der Waals surface area contributed by atoms with E-state index in [1.165, 1.54) is 12.1 Å². The predicted molar refractivity (Wildman–Crippen MR) is 67.8 cm³/mol. The van der Waals surface area contributed by atoms with E-state index in [9.17, 15) is 0 Å². The molecule has 0 radical (unpaired) electrons. The number of hydrogen-bond acceptors (Lipinski definition) is 4. The van der Waals surface area contributed by atoms with Crippen LogP contribution in [0.5, 0.6) is 0 Å². The van der Waals surface area contributed by atoms with Gasteiger partial charge in [0.25, 0.3) is 0 Å². The van der Waals surface area contributed by atoms with Crippen molar-refractivity contribution in [1.29, 1.82) is 0 Å². The van der Waals surface area contributed by atoms with E-state index in [1.54, 1.807) is 0 Å². The lowest BCUT2D eigenvalue weighted by Gasteiger charge is -2.48. The second-order valence-corrected chi connectivity index (χ2v) is 5.11. The minimum atomic E-state index is 0.531. The van der Waals surface area contributed by atoms with E-state index in [-0.39, 0.29) is 0 Å². The maximum absolute atomic E-state index is 4.12. The number of likely N-dealkylation sites (N-methyl/N-ethyl adjacent to an activating group) is 1. The fourth-order valence-electron chi connectivity index (χ4n) is 3.07. The number of aromatic nitrogens is 1. The van der Waals surface area contributed by atoms with Gasteiger partial charge in [-0.05, 0) is 24.7 Å². The molecule has 3 heterocycles. The molecule has 17 heavy (non-hydrogen) atoms. The Labute approximate surface area is 103 Å². The van der Waals surface area contributed by atoms with Crippen LogP contribution in [0, 0.1) is 0 Å². The van der Waals surface area contributed by atoms with E-state index in [4.69, 9.17) is 0 Å². The van der Waals surface area contributed by atoms with Crippen LogP contribution in [0.4, 0.5) is 0 Å². The topological polar surface area (TPSA) is 31.4 Å². The van der Waals surface area contributed by atoms with Crippen molar-refractivity contribution in [2.75, 3.05) is 39.8 Å². The van der Waals surface area contributed by atoms with Crippen LogP contribution < -0.4 is 5.32 Å². The molecule has 2 unspecified atom stereocenters. The molecule has 4 heteroatoms. The molecule has 2 atom stereocenters. The average Bonchev–Trinajstić information content (AvgIpc) is 2.39. The van der Waals surface area contributed by atoms with Crippen molar-refractivity contribution in [3.63, 3.8) is 0 Å². The van der Waals surface area contributed by atoms with Gasteiger partial charge in [0, 0.05) is 57.2 Å². The van der Waals surface area contributed by atoms with Crippen LogP contribution in [0.3, 0.4) is 0 Å². The van der Waals surface area contributed by atoms with E-state index >= 15 is 0 Å². The summed E-state index contributed by atoms with van der Waals surface area (Å²) in [6.45, 7) is 5.69. The Bertz CT molecular complexity index is 367. The molecule has 2 aliphatic rings. The molecule has 2 fully saturated rings. The van der Waals surface area contributed by atoms with Gasteiger partial charge in [-0.2, -0.15) is 0 Å². The molecule has 1 aromatic heterocycles. The van der Waals surface area contributed by atoms with Gasteiger partial charge in [0.15, 0.2) is 0 Å². The van der Waals surface area contributed by atoms with Crippen LogP contribution >= 0.6 is 0 Å². The molecule has 4 nitrogen and oxygen atoms in total. The highest BCUT2D eigenvalue weighted by Gasteiger charge is 2.35. The van der Waals surface area contributed by atoms with Crippen LogP contribution in [0.1, 0.15) is 11.6 Å². The third-order valence-electron chi connectivity index (χ3n) is 3.89. The summed E-state index contributed by atoms with van der Waals surface area (Å²) >= 11 is 0. The minimum Gasteiger partial charge on any atom is -0.314 e. The van der Waals surface area contributed by atoms with Crippen molar-refractivity contribution >= 4 is 0 Å². The maximum atomic E-state index is 4.12. The van der Waals surface area contributed by atoms with E-state index in [2.05, 4.69) is 39.3 Å². The predicted octanol–water partition coefficient (Wildman–Crippen LogP) is 0.342. The molecule has 1 aromatic rings. The van der Waals surface area contributed by atoms with Gasteiger partial charge in [0.05, 0.1) is 0 Å². The van der Waals surface area contributed by atoms with Gasteiger partial charge in [-0.3, -0.25) is 9.88 Å². The first-order chi connectivity index (χ1) is 8.34. The number of piperazine rings is 2. The molecule has 2 aliphatic heterocycles. The van der Waals surface area contributed by atoms with Crippen LogP contribution in [0.15, 0.2) is 24.5 Å². The molecule has 1 N–H and O–H groups in total. The molecule has 0 spiro atoms. The molecule has 0 aliphatic carbocycles. The summed E-state index contributed by atoms with van der Waals surface area (Å²) in [6.07, 6.45) is 3.81. The summed E-state index contributed by atoms with van der Waals surface area (Å²) in [5, 5.41) is 3.50. The van der Waals surface area contributed by atoms with Crippen molar-refractivity contribution in [3.05, 3.63) is 30.1 Å². The molecule has 0 amide bonds. The summed E-state index contributed by atoms with van der Waals surface area (Å²) in [4.78, 5) is 9.22. The Hall–Kier alpha value is -0.970. The Morgan fingerprint density at radius 2 is 2.12 bits per heavy atom. The van der Waals surface area contributed by atoms with Gasteiger partial charge in [0.2, 0.25) is 0 Å². The van der Waals surface area contributed by atoms with Crippen molar-refractivity contribution in [1.82, 2.24) is 20.1 Å². The molecule has 0 saturated carbocycles. The third-order valence-corrected chi connectivity index (χ3v) is 3.89. The van der Waals surface area contributed by atoms with E-state index in [1.807, 2.05) is 12.4 Å². The molecule has 3 rings (SSSR count). The number of nitrogens with zero attached hydrogens (tertiary/aromatic N) is 3. The summed E-state index contributed by atoms with van der Waals surface area (Å²) < 4.78 is 0. The van der Waals surface area contributed by atoms with Crippen LogP contribution in [0.25, 0.3) is 0 Å². The second-order valence-electron chi connectivity index (χ2n) is 5.11. The number of fused-ring (bicyclic) bond motifs is 1. The van der Waals surface area contributed by atoms with Gasteiger partial charge < -0.3 is 10.2 Å². The Morgan fingerprint density at radius 3 is 2.94 bits per heavy atom. The zero-order valence-corrected chi connectivity index (χ0v) is 10.3. The minimum absolute atomic E-state index is 0.531. The highest BCUT2D eigenvalue weighted by Crippen LogP contribution is 2.28. The number of nitrogens with one attached hydrogen (secondary N) is 1. The summed E-state index contributed by atoms with van der Waals surface area (Å²) in [5.41, 5.74) is 1.40. The lowest BCUT2D eigenvalue weighted by Crippen LogP contribution is -2.61. The number of pyridine rings is 1. The number of rotatable bonds is 1. The molecule has 92 valence electrons. The monoisotopic (exact) mass is 232 g/mol. The quantitative estimate of drug-likeness (QED) is 0.757. The first kappa shape index (κ1) is 11.1.